The average molecular weight is 326 g/mol. The van der Waals surface area contributed by atoms with Crippen molar-refractivity contribution < 1.29 is 0 Å². The van der Waals surface area contributed by atoms with Gasteiger partial charge in [0.05, 0.1) is 16.4 Å². The van der Waals surface area contributed by atoms with Crippen LogP contribution in [0.15, 0.2) is 18.2 Å². The smallest absolute Gasteiger partial charge is 0.124 e. The van der Waals surface area contributed by atoms with Crippen molar-refractivity contribution in [3.8, 4) is 0 Å². The zero-order chi connectivity index (χ0) is 15.0. The summed E-state index contributed by atoms with van der Waals surface area (Å²) in [6.07, 6.45) is 1.24. The molecule has 1 aromatic carbocycles. The Morgan fingerprint density at radius 2 is 2.19 bits per heavy atom. The highest BCUT2D eigenvalue weighted by atomic mass is 35.5. The van der Waals surface area contributed by atoms with Gasteiger partial charge in [-0.15, -0.1) is 11.6 Å². The first-order chi connectivity index (χ1) is 10.1. The Balaban J connectivity index is 1.88. The third-order valence-electron chi connectivity index (χ3n) is 4.42. The summed E-state index contributed by atoms with van der Waals surface area (Å²) in [5.74, 6) is 2.00. The van der Waals surface area contributed by atoms with E-state index in [1.165, 1.54) is 13.0 Å². The number of aromatic nitrogens is 2. The molecule has 1 fully saturated rings. The van der Waals surface area contributed by atoms with Crippen molar-refractivity contribution in [1.82, 2.24) is 14.5 Å². The van der Waals surface area contributed by atoms with Gasteiger partial charge in [0.1, 0.15) is 11.3 Å². The first-order valence-electron chi connectivity index (χ1n) is 7.53. The van der Waals surface area contributed by atoms with Gasteiger partial charge in [-0.1, -0.05) is 17.7 Å². The molecule has 1 aromatic heterocycles. The second kappa shape index (κ2) is 6.15. The van der Waals surface area contributed by atoms with E-state index in [1.807, 2.05) is 12.1 Å². The van der Waals surface area contributed by atoms with Crippen LogP contribution in [0.1, 0.15) is 26.1 Å². The maximum atomic E-state index is 6.25. The molecule has 3 rings (SSSR count). The van der Waals surface area contributed by atoms with Crippen molar-refractivity contribution in [2.45, 2.75) is 38.7 Å². The number of imidazole rings is 1. The maximum absolute atomic E-state index is 6.25. The normalized spacial score (nSPS) is 20.0. The Kier molecular flexibility index (Phi) is 4.43. The van der Waals surface area contributed by atoms with Crippen LogP contribution in [0.3, 0.4) is 0 Å². The van der Waals surface area contributed by atoms with Crippen LogP contribution in [0, 0.1) is 5.92 Å². The number of nitrogens with zero attached hydrogens (tertiary/aromatic N) is 3. The van der Waals surface area contributed by atoms with Gasteiger partial charge in [-0.05, 0) is 44.9 Å². The number of halogens is 2. The number of likely N-dealkylation sites (tertiary alicyclic amines) is 1. The van der Waals surface area contributed by atoms with Crippen LogP contribution in [0.2, 0.25) is 5.02 Å². The third-order valence-corrected chi connectivity index (χ3v) is 4.96. The SMILES string of the molecule is CC(C)N1CCC(Cn2c(CCl)nc3c(Cl)cccc32)C1. The number of hydrogen-bond acceptors (Lipinski definition) is 2. The van der Waals surface area contributed by atoms with Crippen molar-refractivity contribution in [2.24, 2.45) is 5.92 Å². The van der Waals surface area contributed by atoms with Crippen LogP contribution in [-0.2, 0) is 12.4 Å². The summed E-state index contributed by atoms with van der Waals surface area (Å²) in [6.45, 7) is 7.84. The Morgan fingerprint density at radius 1 is 1.38 bits per heavy atom. The lowest BCUT2D eigenvalue weighted by Crippen LogP contribution is -2.28. The molecule has 0 spiro atoms. The first-order valence-corrected chi connectivity index (χ1v) is 8.45. The highest BCUT2D eigenvalue weighted by Gasteiger charge is 2.25. The van der Waals surface area contributed by atoms with Crippen LogP contribution in [0.5, 0.6) is 0 Å². The van der Waals surface area contributed by atoms with Crippen LogP contribution in [-0.4, -0.2) is 33.6 Å². The Labute approximate surface area is 135 Å². The molecule has 0 bridgehead atoms. The van der Waals surface area contributed by atoms with E-state index >= 15 is 0 Å². The molecule has 1 saturated heterocycles. The summed E-state index contributed by atoms with van der Waals surface area (Å²) in [5, 5.41) is 0.702. The van der Waals surface area contributed by atoms with Gasteiger partial charge in [0, 0.05) is 19.1 Å². The molecular weight excluding hydrogens is 305 g/mol. The van der Waals surface area contributed by atoms with Crippen LogP contribution >= 0.6 is 23.2 Å². The number of rotatable bonds is 4. The number of fused-ring (bicyclic) bond motifs is 1. The minimum atomic E-state index is 0.422. The quantitative estimate of drug-likeness (QED) is 0.787. The second-order valence-electron chi connectivity index (χ2n) is 6.12. The van der Waals surface area contributed by atoms with Crippen molar-refractivity contribution in [1.29, 1.82) is 0 Å². The molecular formula is C16H21Cl2N3. The molecule has 2 aromatic rings. The van der Waals surface area contributed by atoms with E-state index in [1.54, 1.807) is 0 Å². The van der Waals surface area contributed by atoms with Gasteiger partial charge in [-0.2, -0.15) is 0 Å². The lowest BCUT2D eigenvalue weighted by atomic mass is 10.1. The molecule has 0 radical (unpaired) electrons. The van der Waals surface area contributed by atoms with E-state index in [2.05, 4.69) is 34.4 Å². The molecule has 1 aliphatic rings. The number of alkyl halides is 1. The highest BCUT2D eigenvalue weighted by molar-refractivity contribution is 6.35. The molecule has 0 saturated carbocycles. The number of para-hydroxylation sites is 1. The van der Waals surface area contributed by atoms with Gasteiger partial charge in [-0.25, -0.2) is 4.98 Å². The summed E-state index contributed by atoms with van der Waals surface area (Å²) in [6, 6.07) is 6.57. The van der Waals surface area contributed by atoms with Crippen molar-refractivity contribution in [2.75, 3.05) is 13.1 Å². The van der Waals surface area contributed by atoms with Gasteiger partial charge in [0.2, 0.25) is 0 Å². The lowest BCUT2D eigenvalue weighted by Gasteiger charge is -2.20. The monoisotopic (exact) mass is 325 g/mol. The molecule has 1 aliphatic heterocycles. The molecule has 0 aliphatic carbocycles. The van der Waals surface area contributed by atoms with E-state index in [-0.39, 0.29) is 0 Å². The Bertz CT molecular complexity index is 636. The molecule has 3 nitrogen and oxygen atoms in total. The Morgan fingerprint density at radius 3 is 2.86 bits per heavy atom. The van der Waals surface area contributed by atoms with E-state index in [9.17, 15) is 0 Å². The van der Waals surface area contributed by atoms with Crippen LogP contribution in [0.25, 0.3) is 11.0 Å². The predicted octanol–water partition coefficient (Wildman–Crippen LogP) is 4.16. The van der Waals surface area contributed by atoms with E-state index in [0.29, 0.717) is 22.9 Å². The second-order valence-corrected chi connectivity index (χ2v) is 6.80. The lowest BCUT2D eigenvalue weighted by molar-refractivity contribution is 0.261. The molecule has 21 heavy (non-hydrogen) atoms. The number of benzene rings is 1. The molecule has 5 heteroatoms. The maximum Gasteiger partial charge on any atom is 0.124 e. The van der Waals surface area contributed by atoms with Crippen molar-refractivity contribution in [3.63, 3.8) is 0 Å². The standard InChI is InChI=1S/C16H21Cl2N3/c1-11(2)20-7-6-12(9-20)10-21-14-5-3-4-13(18)16(14)19-15(21)8-17/h3-5,11-12H,6-10H2,1-2H3. The zero-order valence-corrected chi connectivity index (χ0v) is 14.0. The molecule has 1 atom stereocenters. The molecule has 2 heterocycles. The molecule has 0 N–H and O–H groups in total. The summed E-state index contributed by atoms with van der Waals surface area (Å²) in [4.78, 5) is 7.15. The van der Waals surface area contributed by atoms with Crippen LogP contribution in [0.4, 0.5) is 0 Å². The zero-order valence-electron chi connectivity index (χ0n) is 12.5. The minimum Gasteiger partial charge on any atom is -0.327 e. The largest absolute Gasteiger partial charge is 0.327 e. The molecule has 0 amide bonds. The predicted molar refractivity (Wildman–Crippen MR) is 89.1 cm³/mol. The van der Waals surface area contributed by atoms with E-state index in [0.717, 1.165) is 29.9 Å². The summed E-state index contributed by atoms with van der Waals surface area (Å²) in [5.41, 5.74) is 1.97. The summed E-state index contributed by atoms with van der Waals surface area (Å²) < 4.78 is 2.25. The fourth-order valence-electron chi connectivity index (χ4n) is 3.21. The van der Waals surface area contributed by atoms with E-state index in [4.69, 9.17) is 23.2 Å². The minimum absolute atomic E-state index is 0.422. The molecule has 1 unspecified atom stereocenters. The number of hydrogen-bond donors (Lipinski definition) is 0. The van der Waals surface area contributed by atoms with Crippen LogP contribution < -0.4 is 0 Å². The fourth-order valence-corrected chi connectivity index (χ4v) is 3.62. The average Bonchev–Trinajstić information content (AvgIpc) is 3.06. The fraction of sp³-hybridized carbons (Fsp3) is 0.562. The topological polar surface area (TPSA) is 21.1 Å². The third kappa shape index (κ3) is 2.92. The van der Waals surface area contributed by atoms with Gasteiger partial charge in [0.25, 0.3) is 0 Å². The van der Waals surface area contributed by atoms with Crippen molar-refractivity contribution in [3.05, 3.63) is 29.0 Å². The summed E-state index contributed by atoms with van der Waals surface area (Å²) >= 11 is 12.3. The van der Waals surface area contributed by atoms with Gasteiger partial charge < -0.3 is 9.47 Å². The van der Waals surface area contributed by atoms with Gasteiger partial charge in [-0.3, -0.25) is 0 Å². The van der Waals surface area contributed by atoms with Gasteiger partial charge >= 0.3 is 0 Å². The first kappa shape index (κ1) is 15.1. The molecule has 114 valence electrons. The Hall–Kier alpha value is -0.770. The highest BCUT2D eigenvalue weighted by Crippen LogP contribution is 2.27. The van der Waals surface area contributed by atoms with Gasteiger partial charge in [0.15, 0.2) is 0 Å². The summed E-state index contributed by atoms with van der Waals surface area (Å²) in [7, 11) is 0. The van der Waals surface area contributed by atoms with E-state index < -0.39 is 0 Å². The van der Waals surface area contributed by atoms with Crippen molar-refractivity contribution >= 4 is 34.2 Å².